The fourth-order valence-corrected chi connectivity index (χ4v) is 3.59. The van der Waals surface area contributed by atoms with Gasteiger partial charge in [0, 0.05) is 44.4 Å². The second kappa shape index (κ2) is 8.83. The zero-order chi connectivity index (χ0) is 17.6. The standard InChI is InChI=1S/C18H24ClN3O2S/c19-15-5-3-14(4-6-15)7-8-20-18(25)22-11-9-21(10-12-22)17(23)16-2-1-13-24-16/h3-6,16H,1-2,7-13H2,(H,20,25). The number of hydrogen-bond donors (Lipinski definition) is 1. The maximum atomic E-state index is 12.4. The van der Waals surface area contributed by atoms with Crippen molar-refractivity contribution in [3.8, 4) is 0 Å². The van der Waals surface area contributed by atoms with Crippen LogP contribution < -0.4 is 5.32 Å². The van der Waals surface area contributed by atoms with Crippen LogP contribution >= 0.6 is 23.8 Å². The van der Waals surface area contributed by atoms with E-state index in [0.717, 1.165) is 49.0 Å². The third-order valence-electron chi connectivity index (χ3n) is 4.69. The van der Waals surface area contributed by atoms with Crippen LogP contribution in [0.1, 0.15) is 18.4 Å². The third kappa shape index (κ3) is 5.06. The number of halogens is 1. The number of carbonyl (C=O) groups excluding carboxylic acids is 1. The molecule has 1 aromatic carbocycles. The number of hydrogen-bond acceptors (Lipinski definition) is 3. The summed E-state index contributed by atoms with van der Waals surface area (Å²) in [5, 5.41) is 4.83. The summed E-state index contributed by atoms with van der Waals surface area (Å²) in [4.78, 5) is 16.4. The summed E-state index contributed by atoms with van der Waals surface area (Å²) in [5.41, 5.74) is 1.23. The highest BCUT2D eigenvalue weighted by atomic mass is 35.5. The monoisotopic (exact) mass is 381 g/mol. The number of benzene rings is 1. The van der Waals surface area contributed by atoms with E-state index in [1.165, 1.54) is 5.56 Å². The molecule has 2 aliphatic heterocycles. The highest BCUT2D eigenvalue weighted by Crippen LogP contribution is 2.16. The van der Waals surface area contributed by atoms with Crippen molar-refractivity contribution >= 4 is 34.8 Å². The molecule has 0 aliphatic carbocycles. The molecular formula is C18H24ClN3O2S. The Balaban J connectivity index is 1.37. The number of nitrogens with zero attached hydrogens (tertiary/aromatic N) is 2. The largest absolute Gasteiger partial charge is 0.368 e. The molecule has 1 N–H and O–H groups in total. The number of ether oxygens (including phenoxy) is 1. The summed E-state index contributed by atoms with van der Waals surface area (Å²) in [6.07, 6.45) is 2.51. The zero-order valence-electron chi connectivity index (χ0n) is 14.2. The molecule has 2 heterocycles. The van der Waals surface area contributed by atoms with E-state index < -0.39 is 0 Å². The maximum Gasteiger partial charge on any atom is 0.251 e. The van der Waals surface area contributed by atoms with Gasteiger partial charge in [-0.1, -0.05) is 23.7 Å². The fraction of sp³-hybridized carbons (Fsp3) is 0.556. The molecule has 0 spiro atoms. The van der Waals surface area contributed by atoms with Crippen LogP contribution in [0.15, 0.2) is 24.3 Å². The first-order chi connectivity index (χ1) is 12.1. The molecule has 136 valence electrons. The van der Waals surface area contributed by atoms with Gasteiger partial charge in [-0.15, -0.1) is 0 Å². The Hall–Kier alpha value is -1.37. The molecular weight excluding hydrogens is 358 g/mol. The summed E-state index contributed by atoms with van der Waals surface area (Å²) in [6.45, 7) is 4.44. The molecule has 0 aromatic heterocycles. The minimum absolute atomic E-state index is 0.138. The van der Waals surface area contributed by atoms with Crippen molar-refractivity contribution in [2.75, 3.05) is 39.3 Å². The highest BCUT2D eigenvalue weighted by Gasteiger charge is 2.30. The van der Waals surface area contributed by atoms with Gasteiger partial charge in [-0.25, -0.2) is 0 Å². The number of rotatable bonds is 4. The molecule has 2 aliphatic rings. The van der Waals surface area contributed by atoms with Crippen molar-refractivity contribution in [2.24, 2.45) is 0 Å². The van der Waals surface area contributed by atoms with E-state index >= 15 is 0 Å². The first kappa shape index (κ1) is 18.4. The Kier molecular flexibility index (Phi) is 6.51. The van der Waals surface area contributed by atoms with Gasteiger partial charge < -0.3 is 19.9 Å². The first-order valence-corrected chi connectivity index (χ1v) is 9.60. The SMILES string of the molecule is O=C(C1CCCO1)N1CCN(C(=S)NCCc2ccc(Cl)cc2)CC1. The predicted molar refractivity (Wildman–Crippen MR) is 103 cm³/mol. The van der Waals surface area contributed by atoms with Gasteiger partial charge in [0.15, 0.2) is 5.11 Å². The molecule has 2 fully saturated rings. The Labute approximate surface area is 159 Å². The lowest BCUT2D eigenvalue weighted by atomic mass is 10.1. The van der Waals surface area contributed by atoms with E-state index in [2.05, 4.69) is 10.2 Å². The summed E-state index contributed by atoms with van der Waals surface area (Å²) in [6, 6.07) is 7.87. The second-order valence-electron chi connectivity index (χ2n) is 6.42. The van der Waals surface area contributed by atoms with Gasteiger partial charge in [0.05, 0.1) is 0 Å². The topological polar surface area (TPSA) is 44.8 Å². The van der Waals surface area contributed by atoms with E-state index in [-0.39, 0.29) is 12.0 Å². The average molecular weight is 382 g/mol. The van der Waals surface area contributed by atoms with Gasteiger partial charge in [-0.3, -0.25) is 4.79 Å². The van der Waals surface area contributed by atoms with Gasteiger partial charge in [0.25, 0.3) is 5.91 Å². The molecule has 1 aromatic rings. The molecule has 25 heavy (non-hydrogen) atoms. The van der Waals surface area contributed by atoms with E-state index in [1.54, 1.807) is 0 Å². The van der Waals surface area contributed by atoms with Crippen LogP contribution in [0.3, 0.4) is 0 Å². The van der Waals surface area contributed by atoms with Crippen LogP contribution in [0.2, 0.25) is 5.02 Å². The van der Waals surface area contributed by atoms with Gasteiger partial charge in [-0.2, -0.15) is 0 Å². The predicted octanol–water partition coefficient (Wildman–Crippen LogP) is 2.08. The van der Waals surface area contributed by atoms with Gasteiger partial charge in [-0.05, 0) is 49.2 Å². The number of nitrogens with one attached hydrogen (secondary N) is 1. The first-order valence-electron chi connectivity index (χ1n) is 8.81. The highest BCUT2D eigenvalue weighted by molar-refractivity contribution is 7.80. The van der Waals surface area contributed by atoms with Crippen LogP contribution in [-0.4, -0.2) is 66.3 Å². The Morgan fingerprint density at radius 1 is 1.20 bits per heavy atom. The van der Waals surface area contributed by atoms with Gasteiger partial charge in [0.1, 0.15) is 6.10 Å². The Morgan fingerprint density at radius 3 is 2.52 bits per heavy atom. The molecule has 3 rings (SSSR count). The van der Waals surface area contributed by atoms with Crippen LogP contribution in [0.4, 0.5) is 0 Å². The normalized spacial score (nSPS) is 20.6. The molecule has 1 amide bonds. The molecule has 2 saturated heterocycles. The summed E-state index contributed by atoms with van der Waals surface area (Å²) >= 11 is 11.4. The minimum atomic E-state index is -0.226. The molecule has 5 nitrogen and oxygen atoms in total. The summed E-state index contributed by atoms with van der Waals surface area (Å²) in [5.74, 6) is 0.138. The molecule has 1 unspecified atom stereocenters. The Morgan fingerprint density at radius 2 is 1.88 bits per heavy atom. The third-order valence-corrected chi connectivity index (χ3v) is 5.34. The minimum Gasteiger partial charge on any atom is -0.368 e. The van der Waals surface area contributed by atoms with Crippen molar-refractivity contribution in [1.29, 1.82) is 0 Å². The summed E-state index contributed by atoms with van der Waals surface area (Å²) in [7, 11) is 0. The molecule has 1 atom stereocenters. The van der Waals surface area contributed by atoms with E-state index in [1.807, 2.05) is 29.2 Å². The number of piperazine rings is 1. The van der Waals surface area contributed by atoms with E-state index in [9.17, 15) is 4.79 Å². The van der Waals surface area contributed by atoms with Crippen molar-refractivity contribution < 1.29 is 9.53 Å². The van der Waals surface area contributed by atoms with Crippen LogP contribution in [0, 0.1) is 0 Å². The summed E-state index contributed by atoms with van der Waals surface area (Å²) < 4.78 is 5.49. The molecule has 0 radical (unpaired) electrons. The van der Waals surface area contributed by atoms with Crippen LogP contribution in [0.25, 0.3) is 0 Å². The average Bonchev–Trinajstić information content (AvgIpc) is 3.17. The molecule has 0 bridgehead atoms. The van der Waals surface area contributed by atoms with Gasteiger partial charge in [0.2, 0.25) is 0 Å². The van der Waals surface area contributed by atoms with E-state index in [0.29, 0.717) is 19.7 Å². The Bertz CT molecular complexity index is 597. The zero-order valence-corrected chi connectivity index (χ0v) is 15.8. The molecule has 0 saturated carbocycles. The van der Waals surface area contributed by atoms with E-state index in [4.69, 9.17) is 28.6 Å². The number of thiocarbonyl (C=S) groups is 1. The van der Waals surface area contributed by atoms with Crippen LogP contribution in [0.5, 0.6) is 0 Å². The van der Waals surface area contributed by atoms with Crippen molar-refractivity contribution in [3.05, 3.63) is 34.9 Å². The lowest BCUT2D eigenvalue weighted by Crippen LogP contribution is -2.54. The second-order valence-corrected chi connectivity index (χ2v) is 7.25. The van der Waals surface area contributed by atoms with Crippen LogP contribution in [-0.2, 0) is 16.0 Å². The maximum absolute atomic E-state index is 12.4. The quantitative estimate of drug-likeness (QED) is 0.809. The fourth-order valence-electron chi connectivity index (χ4n) is 3.18. The number of carbonyl (C=O) groups is 1. The molecule has 7 heteroatoms. The van der Waals surface area contributed by atoms with Gasteiger partial charge >= 0.3 is 0 Å². The lowest BCUT2D eigenvalue weighted by Gasteiger charge is -2.37. The van der Waals surface area contributed by atoms with Crippen molar-refractivity contribution in [3.63, 3.8) is 0 Å². The smallest absolute Gasteiger partial charge is 0.251 e. The number of amides is 1. The lowest BCUT2D eigenvalue weighted by molar-refractivity contribution is -0.142. The van der Waals surface area contributed by atoms with Crippen molar-refractivity contribution in [1.82, 2.24) is 15.1 Å². The van der Waals surface area contributed by atoms with Crippen molar-refractivity contribution in [2.45, 2.75) is 25.4 Å².